The quantitative estimate of drug-likeness (QED) is 0.642. The Labute approximate surface area is 66.9 Å². The van der Waals surface area contributed by atoms with Gasteiger partial charge in [0.05, 0.1) is 0 Å². The van der Waals surface area contributed by atoms with Gasteiger partial charge >= 0.3 is 6.68 Å². The molecule has 12 heavy (non-hydrogen) atoms. The van der Waals surface area contributed by atoms with Crippen LogP contribution >= 0.6 is 0 Å². The molecule has 2 nitrogen and oxygen atoms in total. The minimum Gasteiger partial charge on any atom is -0.508 e. The molecule has 68 valence electrons. The first-order chi connectivity index (χ1) is 5.52. The topological polar surface area (TPSA) is 40.5 Å². The molecule has 0 aliphatic carbocycles. The smallest absolute Gasteiger partial charge is 0.379 e. The predicted molar refractivity (Wildman–Crippen MR) is 36.9 cm³/mol. The van der Waals surface area contributed by atoms with Crippen LogP contribution < -0.4 is 0 Å². The molecule has 0 amide bonds. The SMILES string of the molecule is FC(F)F.Oc1cccc(O)c1. The molecule has 0 radical (unpaired) electrons. The molecule has 5 heteroatoms. The van der Waals surface area contributed by atoms with Gasteiger partial charge in [-0.2, -0.15) is 13.2 Å². The fourth-order valence-corrected chi connectivity index (χ4v) is 0.493. The van der Waals surface area contributed by atoms with Gasteiger partial charge in [-0.3, -0.25) is 0 Å². The summed E-state index contributed by atoms with van der Waals surface area (Å²) in [6, 6.07) is 5.85. The second-order valence-electron chi connectivity index (χ2n) is 1.77. The van der Waals surface area contributed by atoms with Crippen LogP contribution in [0, 0.1) is 0 Å². The zero-order valence-electron chi connectivity index (χ0n) is 5.92. The van der Waals surface area contributed by atoms with Crippen LogP contribution in [-0.4, -0.2) is 16.9 Å². The van der Waals surface area contributed by atoms with Crippen molar-refractivity contribution < 1.29 is 23.4 Å². The molecule has 0 unspecified atom stereocenters. The lowest BCUT2D eigenvalue weighted by molar-refractivity contribution is 0.00819. The fourth-order valence-electron chi connectivity index (χ4n) is 0.493. The molecule has 0 saturated heterocycles. The van der Waals surface area contributed by atoms with Crippen molar-refractivity contribution in [3.63, 3.8) is 0 Å². The maximum Gasteiger partial charge on any atom is 0.379 e. The monoisotopic (exact) mass is 180 g/mol. The molecule has 0 bridgehead atoms. The largest absolute Gasteiger partial charge is 0.508 e. The van der Waals surface area contributed by atoms with Gasteiger partial charge in [0.1, 0.15) is 11.5 Å². The van der Waals surface area contributed by atoms with Gasteiger partial charge in [0.15, 0.2) is 0 Å². The lowest BCUT2D eigenvalue weighted by atomic mass is 10.3. The number of halogens is 3. The van der Waals surface area contributed by atoms with Crippen molar-refractivity contribution in [3.8, 4) is 11.5 Å². The third kappa shape index (κ3) is 6.73. The first-order valence-corrected chi connectivity index (χ1v) is 2.92. The summed E-state index contributed by atoms with van der Waals surface area (Å²) >= 11 is 0. The van der Waals surface area contributed by atoms with Crippen molar-refractivity contribution in [1.82, 2.24) is 0 Å². The number of phenols is 2. The predicted octanol–water partition coefficient (Wildman–Crippen LogP) is 2.28. The highest BCUT2D eigenvalue weighted by molar-refractivity contribution is 5.30. The van der Waals surface area contributed by atoms with Gasteiger partial charge in [0.2, 0.25) is 0 Å². The van der Waals surface area contributed by atoms with Gasteiger partial charge < -0.3 is 10.2 Å². The maximum absolute atomic E-state index is 9.67. The number of benzene rings is 1. The molecule has 1 aromatic carbocycles. The molecule has 1 aromatic rings. The van der Waals surface area contributed by atoms with Gasteiger partial charge in [0.25, 0.3) is 0 Å². The second kappa shape index (κ2) is 5.29. The van der Waals surface area contributed by atoms with Crippen molar-refractivity contribution >= 4 is 0 Å². The number of rotatable bonds is 0. The highest BCUT2D eigenvalue weighted by Gasteiger charge is 1.86. The molecule has 0 fully saturated rings. The molecule has 1 rings (SSSR count). The van der Waals surface area contributed by atoms with Crippen LogP contribution in [0.5, 0.6) is 11.5 Å². The van der Waals surface area contributed by atoms with E-state index in [1.807, 2.05) is 0 Å². The Morgan fingerprint density at radius 3 is 1.50 bits per heavy atom. The van der Waals surface area contributed by atoms with Crippen LogP contribution in [0.2, 0.25) is 0 Å². The van der Waals surface area contributed by atoms with Crippen molar-refractivity contribution in [1.29, 1.82) is 0 Å². The molecule has 0 saturated carbocycles. The Balaban J connectivity index is 0.000000261. The van der Waals surface area contributed by atoms with E-state index in [1.54, 1.807) is 6.07 Å². The van der Waals surface area contributed by atoms with E-state index in [2.05, 4.69) is 0 Å². The Kier molecular flexibility index (Phi) is 4.67. The Morgan fingerprint density at radius 1 is 1.00 bits per heavy atom. The van der Waals surface area contributed by atoms with Crippen molar-refractivity contribution in [2.75, 3.05) is 0 Å². The number of phenolic OH excluding ortho intramolecular Hbond substituents is 2. The molecule has 0 aromatic heterocycles. The van der Waals surface area contributed by atoms with E-state index >= 15 is 0 Å². The number of hydrogen-bond donors (Lipinski definition) is 2. The first kappa shape index (κ1) is 10.6. The maximum atomic E-state index is 9.67. The molecule has 0 heterocycles. The number of aromatic hydroxyl groups is 2. The van der Waals surface area contributed by atoms with Crippen LogP contribution in [0.25, 0.3) is 0 Å². The van der Waals surface area contributed by atoms with Gasteiger partial charge in [-0.1, -0.05) is 6.07 Å². The highest BCUT2D eigenvalue weighted by Crippen LogP contribution is 2.14. The molecular weight excluding hydrogens is 173 g/mol. The van der Waals surface area contributed by atoms with E-state index in [-0.39, 0.29) is 11.5 Å². The number of alkyl halides is 3. The van der Waals surface area contributed by atoms with Crippen molar-refractivity contribution in [2.24, 2.45) is 0 Å². The average Bonchev–Trinajstić information content (AvgIpc) is 1.84. The average molecular weight is 180 g/mol. The number of hydrogen-bond acceptors (Lipinski definition) is 2. The van der Waals surface area contributed by atoms with Crippen LogP contribution in [0.15, 0.2) is 24.3 Å². The summed E-state index contributed by atoms with van der Waals surface area (Å²) in [6.45, 7) is -3.67. The lowest BCUT2D eigenvalue weighted by Crippen LogP contribution is -1.65. The van der Waals surface area contributed by atoms with Gasteiger partial charge in [-0.05, 0) is 12.1 Å². The van der Waals surface area contributed by atoms with E-state index in [0.29, 0.717) is 0 Å². The summed E-state index contributed by atoms with van der Waals surface area (Å²) in [4.78, 5) is 0. The van der Waals surface area contributed by atoms with E-state index in [1.165, 1.54) is 18.2 Å². The highest BCUT2D eigenvalue weighted by atomic mass is 19.4. The van der Waals surface area contributed by atoms with Crippen LogP contribution in [0.1, 0.15) is 0 Å². The summed E-state index contributed by atoms with van der Waals surface area (Å²) < 4.78 is 29.0. The minimum absolute atomic E-state index is 0.0880. The zero-order chi connectivity index (χ0) is 9.56. The Bertz CT molecular complexity index is 208. The minimum atomic E-state index is -3.67. The first-order valence-electron chi connectivity index (χ1n) is 2.92. The van der Waals surface area contributed by atoms with E-state index in [9.17, 15) is 13.2 Å². The summed E-state index contributed by atoms with van der Waals surface area (Å²) in [7, 11) is 0. The van der Waals surface area contributed by atoms with Gasteiger partial charge in [0, 0.05) is 6.07 Å². The molecule has 2 N–H and O–H groups in total. The fraction of sp³-hybridized carbons (Fsp3) is 0.143. The van der Waals surface area contributed by atoms with E-state index in [0.717, 1.165) is 0 Å². The molecule has 0 atom stereocenters. The van der Waals surface area contributed by atoms with Crippen LogP contribution in [-0.2, 0) is 0 Å². The molecular formula is C7H7F3O2. The van der Waals surface area contributed by atoms with Crippen LogP contribution in [0.3, 0.4) is 0 Å². The summed E-state index contributed by atoms with van der Waals surface area (Å²) in [6.07, 6.45) is 0. The summed E-state index contributed by atoms with van der Waals surface area (Å²) in [5, 5.41) is 17.3. The van der Waals surface area contributed by atoms with Crippen molar-refractivity contribution in [3.05, 3.63) is 24.3 Å². The second-order valence-corrected chi connectivity index (χ2v) is 1.77. The Morgan fingerprint density at radius 2 is 1.33 bits per heavy atom. The standard InChI is InChI=1S/C6H6O2.CHF3/c7-5-2-1-3-6(8)4-5;2-1(3)4/h1-4,7-8H;1H. The third-order valence-electron chi connectivity index (χ3n) is 0.830. The van der Waals surface area contributed by atoms with E-state index < -0.39 is 6.68 Å². The molecule has 0 spiro atoms. The third-order valence-corrected chi connectivity index (χ3v) is 0.830. The van der Waals surface area contributed by atoms with Crippen molar-refractivity contribution in [2.45, 2.75) is 6.68 Å². The lowest BCUT2D eigenvalue weighted by Gasteiger charge is -1.89. The van der Waals surface area contributed by atoms with E-state index in [4.69, 9.17) is 10.2 Å². The van der Waals surface area contributed by atoms with Gasteiger partial charge in [-0.25, -0.2) is 0 Å². The summed E-state index contributed by atoms with van der Waals surface area (Å²) in [5.41, 5.74) is 0. The summed E-state index contributed by atoms with van der Waals surface area (Å²) in [5.74, 6) is 0.176. The Hall–Kier alpha value is -1.39. The zero-order valence-corrected chi connectivity index (χ0v) is 5.92. The molecule has 0 aliphatic heterocycles. The normalized spacial score (nSPS) is 9.00. The molecule has 0 aliphatic rings. The van der Waals surface area contributed by atoms with Crippen LogP contribution in [0.4, 0.5) is 13.2 Å². The van der Waals surface area contributed by atoms with Gasteiger partial charge in [-0.15, -0.1) is 0 Å².